The van der Waals surface area contributed by atoms with E-state index in [1.54, 1.807) is 20.9 Å². The fraction of sp³-hybridized carbons (Fsp3) is 0.190. The minimum atomic E-state index is -0.979. The molecule has 0 unspecified atom stereocenters. The van der Waals surface area contributed by atoms with Gasteiger partial charge in [0.1, 0.15) is 11.6 Å². The van der Waals surface area contributed by atoms with Gasteiger partial charge in [0.25, 0.3) is 17.6 Å². The number of hydrogen-bond acceptors (Lipinski definition) is 5. The van der Waals surface area contributed by atoms with E-state index in [-0.39, 0.29) is 22.6 Å². The lowest BCUT2D eigenvalue weighted by molar-refractivity contribution is -0.112. The molecule has 3 aromatic rings. The van der Waals surface area contributed by atoms with Crippen molar-refractivity contribution >= 4 is 29.1 Å². The van der Waals surface area contributed by atoms with Gasteiger partial charge in [-0.1, -0.05) is 0 Å². The van der Waals surface area contributed by atoms with Gasteiger partial charge >= 0.3 is 0 Å². The molecule has 8 nitrogen and oxygen atoms in total. The number of pyridine rings is 2. The minimum absolute atomic E-state index is 0.0143. The van der Waals surface area contributed by atoms with E-state index >= 15 is 0 Å². The van der Waals surface area contributed by atoms with Gasteiger partial charge < -0.3 is 15.2 Å². The van der Waals surface area contributed by atoms with Crippen molar-refractivity contribution < 1.29 is 23.2 Å². The number of nitrogens with zero attached hydrogens (tertiary/aromatic N) is 3. The number of hydrogen-bond donors (Lipinski definition) is 2. The zero-order valence-corrected chi connectivity index (χ0v) is 17.2. The average Bonchev–Trinajstić information content (AvgIpc) is 2.94. The summed E-state index contributed by atoms with van der Waals surface area (Å²) >= 11 is 0. The number of carbonyl (C=O) groups excluding carboxylic acids is 3. The van der Waals surface area contributed by atoms with Crippen LogP contribution in [0.5, 0.6) is 0 Å². The van der Waals surface area contributed by atoms with Crippen molar-refractivity contribution in [1.82, 2.24) is 14.5 Å². The maximum Gasteiger partial charge on any atom is 0.299 e. The number of halogens is 2. The summed E-state index contributed by atoms with van der Waals surface area (Å²) in [5, 5.41) is 4.93. The molecule has 0 aliphatic rings. The lowest BCUT2D eigenvalue weighted by Crippen LogP contribution is -2.26. The molecule has 0 aliphatic carbocycles. The molecule has 0 aliphatic heterocycles. The van der Waals surface area contributed by atoms with Crippen LogP contribution in [0.25, 0.3) is 0 Å². The maximum absolute atomic E-state index is 13.4. The molecule has 3 heterocycles. The molecule has 2 amide bonds. The van der Waals surface area contributed by atoms with Crippen molar-refractivity contribution in [3.05, 3.63) is 70.4 Å². The Morgan fingerprint density at radius 2 is 1.71 bits per heavy atom. The highest BCUT2D eigenvalue weighted by Crippen LogP contribution is 2.24. The number of aryl methyl sites for hydroxylation is 1. The van der Waals surface area contributed by atoms with Gasteiger partial charge in [-0.05, 0) is 44.5 Å². The van der Waals surface area contributed by atoms with Crippen LogP contribution in [0, 0.1) is 32.5 Å². The molecule has 3 aromatic heterocycles. The van der Waals surface area contributed by atoms with E-state index in [4.69, 9.17) is 0 Å². The zero-order valence-electron chi connectivity index (χ0n) is 17.2. The van der Waals surface area contributed by atoms with Crippen LogP contribution < -0.4 is 10.6 Å². The number of amides is 2. The minimum Gasteiger partial charge on any atom is -0.344 e. The molecule has 3 rings (SSSR count). The molecule has 160 valence electrons. The van der Waals surface area contributed by atoms with Crippen LogP contribution in [-0.2, 0) is 11.8 Å². The van der Waals surface area contributed by atoms with Crippen molar-refractivity contribution in [3.8, 4) is 0 Å². The van der Waals surface area contributed by atoms with Gasteiger partial charge in [-0.25, -0.2) is 14.4 Å². The van der Waals surface area contributed by atoms with E-state index in [1.807, 2.05) is 0 Å². The molecule has 2 N–H and O–H groups in total. The van der Waals surface area contributed by atoms with Gasteiger partial charge in [-0.15, -0.1) is 0 Å². The van der Waals surface area contributed by atoms with E-state index < -0.39 is 29.4 Å². The summed E-state index contributed by atoms with van der Waals surface area (Å²) in [5.41, 5.74) is 1.55. The fourth-order valence-corrected chi connectivity index (χ4v) is 3.18. The molecule has 31 heavy (non-hydrogen) atoms. The molecule has 0 saturated carbocycles. The standard InChI is InChI=1S/C21H19F2N5O3/c1-10-7-14(9-25-19(10)23)26-20(30)16-11(2)17(28(4)12(16)3)18(29)21(31)27-15-6-5-13(22)8-24-15/h5-9H,1-4H3,(H,26,30)(H,24,27,31). The molecule has 0 bridgehead atoms. The Morgan fingerprint density at radius 1 is 1.00 bits per heavy atom. The summed E-state index contributed by atoms with van der Waals surface area (Å²) in [6.45, 7) is 4.70. The first-order valence-corrected chi connectivity index (χ1v) is 9.16. The molecule has 0 spiro atoms. The molecule has 0 saturated heterocycles. The molecular weight excluding hydrogens is 408 g/mol. The first kappa shape index (κ1) is 21.8. The third kappa shape index (κ3) is 4.32. The number of anilines is 2. The lowest BCUT2D eigenvalue weighted by atomic mass is 10.1. The highest BCUT2D eigenvalue weighted by atomic mass is 19.1. The molecule has 0 fully saturated rings. The summed E-state index contributed by atoms with van der Waals surface area (Å²) in [5.74, 6) is -3.60. The van der Waals surface area contributed by atoms with E-state index in [1.165, 1.54) is 29.8 Å². The van der Waals surface area contributed by atoms with Crippen LogP contribution in [-0.4, -0.2) is 32.1 Å². The fourth-order valence-electron chi connectivity index (χ4n) is 3.18. The summed E-state index contributed by atoms with van der Waals surface area (Å²) < 4.78 is 27.8. The van der Waals surface area contributed by atoms with Crippen molar-refractivity contribution in [2.24, 2.45) is 7.05 Å². The molecule has 10 heteroatoms. The number of aromatic nitrogens is 3. The van der Waals surface area contributed by atoms with Crippen LogP contribution in [0.15, 0.2) is 30.6 Å². The average molecular weight is 427 g/mol. The van der Waals surface area contributed by atoms with E-state index in [9.17, 15) is 23.2 Å². The smallest absolute Gasteiger partial charge is 0.299 e. The number of rotatable bonds is 5. The quantitative estimate of drug-likeness (QED) is 0.370. The lowest BCUT2D eigenvalue weighted by Gasteiger charge is -2.07. The second kappa shape index (κ2) is 8.42. The summed E-state index contributed by atoms with van der Waals surface area (Å²) in [6, 6.07) is 3.75. The topological polar surface area (TPSA) is 106 Å². The van der Waals surface area contributed by atoms with E-state index in [2.05, 4.69) is 20.6 Å². The van der Waals surface area contributed by atoms with Crippen LogP contribution in [0.3, 0.4) is 0 Å². The first-order chi connectivity index (χ1) is 14.6. The predicted molar refractivity (Wildman–Crippen MR) is 109 cm³/mol. The summed E-state index contributed by atoms with van der Waals surface area (Å²) in [6.07, 6.45) is 2.09. The van der Waals surface area contributed by atoms with E-state index in [0.717, 1.165) is 12.3 Å². The summed E-state index contributed by atoms with van der Waals surface area (Å²) in [4.78, 5) is 45.3. The Bertz CT molecular complexity index is 1200. The highest BCUT2D eigenvalue weighted by Gasteiger charge is 2.28. The molecule has 0 radical (unpaired) electrons. The number of Topliss-reactive ketones (excluding diaryl/α,β-unsaturated/α-hetero) is 1. The predicted octanol–water partition coefficient (Wildman–Crippen LogP) is 3.09. The Hall–Kier alpha value is -3.95. The van der Waals surface area contributed by atoms with Crippen LogP contribution in [0.4, 0.5) is 20.3 Å². The normalized spacial score (nSPS) is 10.6. The Labute approximate surface area is 176 Å². The van der Waals surface area contributed by atoms with E-state index in [0.29, 0.717) is 16.9 Å². The van der Waals surface area contributed by atoms with Crippen molar-refractivity contribution in [2.75, 3.05) is 10.6 Å². The number of carbonyl (C=O) groups is 3. The monoisotopic (exact) mass is 427 g/mol. The molecular formula is C21H19F2N5O3. The second-order valence-electron chi connectivity index (χ2n) is 6.92. The Morgan fingerprint density at radius 3 is 2.32 bits per heavy atom. The number of nitrogens with one attached hydrogen (secondary N) is 2. The van der Waals surface area contributed by atoms with Crippen molar-refractivity contribution in [2.45, 2.75) is 20.8 Å². The third-order valence-corrected chi connectivity index (χ3v) is 4.82. The second-order valence-corrected chi connectivity index (χ2v) is 6.92. The van der Waals surface area contributed by atoms with Crippen LogP contribution in [0.1, 0.15) is 37.7 Å². The van der Waals surface area contributed by atoms with Crippen LogP contribution >= 0.6 is 0 Å². The largest absolute Gasteiger partial charge is 0.344 e. The zero-order chi connectivity index (χ0) is 22.9. The van der Waals surface area contributed by atoms with Crippen LogP contribution in [0.2, 0.25) is 0 Å². The number of ketones is 1. The summed E-state index contributed by atoms with van der Waals surface area (Å²) in [7, 11) is 1.55. The first-order valence-electron chi connectivity index (χ1n) is 9.16. The SMILES string of the molecule is Cc1cc(NC(=O)c2c(C)c(C(=O)C(=O)Nc3ccc(F)cn3)n(C)c2C)cnc1F. The Balaban J connectivity index is 1.87. The van der Waals surface area contributed by atoms with Gasteiger partial charge in [0.15, 0.2) is 0 Å². The van der Waals surface area contributed by atoms with Crippen molar-refractivity contribution in [3.63, 3.8) is 0 Å². The Kier molecular flexibility index (Phi) is 5.91. The van der Waals surface area contributed by atoms with Crippen molar-refractivity contribution in [1.29, 1.82) is 0 Å². The van der Waals surface area contributed by atoms with Gasteiger partial charge in [-0.2, -0.15) is 4.39 Å². The van der Waals surface area contributed by atoms with Gasteiger partial charge in [0, 0.05) is 18.3 Å². The molecule has 0 aromatic carbocycles. The van der Waals surface area contributed by atoms with Gasteiger partial charge in [0.2, 0.25) is 5.95 Å². The van der Waals surface area contributed by atoms with Gasteiger partial charge in [0.05, 0.1) is 29.3 Å². The van der Waals surface area contributed by atoms with Gasteiger partial charge in [-0.3, -0.25) is 14.4 Å². The molecule has 0 atom stereocenters. The third-order valence-electron chi connectivity index (χ3n) is 4.82. The highest BCUT2D eigenvalue weighted by molar-refractivity contribution is 6.46. The maximum atomic E-state index is 13.4.